The van der Waals surface area contributed by atoms with E-state index in [-0.39, 0.29) is 18.6 Å². The Kier molecular flexibility index (Phi) is 7.11. The summed E-state index contributed by atoms with van der Waals surface area (Å²) in [6.07, 6.45) is 10.4. The molecule has 3 aromatic rings. The molecule has 1 atom stereocenters. The maximum Gasteiger partial charge on any atom is 0.176 e. The Balaban J connectivity index is 0.00000225. The van der Waals surface area contributed by atoms with Crippen LogP contribution in [0.5, 0.6) is 5.75 Å². The van der Waals surface area contributed by atoms with Crippen LogP contribution in [0.25, 0.3) is 12.2 Å². The summed E-state index contributed by atoms with van der Waals surface area (Å²) in [7, 11) is 0. The summed E-state index contributed by atoms with van der Waals surface area (Å²) in [6.45, 7) is 2.09. The lowest BCUT2D eigenvalue weighted by molar-refractivity contribution is 0.127. The average Bonchev–Trinajstić information content (AvgIpc) is 3.13. The largest absolute Gasteiger partial charge is 0.470 e. The SMILES string of the molecule is CCC(Oc1ccc(/C=C/c2cccc(Cl)c2)cc1)n1ccnc1.Cl. The van der Waals surface area contributed by atoms with Crippen LogP contribution in [0.3, 0.4) is 0 Å². The van der Waals surface area contributed by atoms with Crippen molar-refractivity contribution in [3.63, 3.8) is 0 Å². The van der Waals surface area contributed by atoms with E-state index in [2.05, 4.69) is 18.0 Å². The normalized spacial score (nSPS) is 11.9. The van der Waals surface area contributed by atoms with Crippen molar-refractivity contribution in [2.24, 2.45) is 0 Å². The summed E-state index contributed by atoms with van der Waals surface area (Å²) in [5.41, 5.74) is 2.19. The van der Waals surface area contributed by atoms with E-state index in [9.17, 15) is 0 Å². The third-order valence-electron chi connectivity index (χ3n) is 3.68. The van der Waals surface area contributed by atoms with Gasteiger partial charge in [-0.25, -0.2) is 4.98 Å². The minimum absolute atomic E-state index is 0. The molecular formula is C20H20Cl2N2O. The fourth-order valence-corrected chi connectivity index (χ4v) is 2.61. The van der Waals surface area contributed by atoms with Crippen molar-refractivity contribution >= 4 is 36.2 Å². The topological polar surface area (TPSA) is 27.1 Å². The minimum Gasteiger partial charge on any atom is -0.470 e. The maximum absolute atomic E-state index is 6.02. The molecule has 3 rings (SSSR count). The average molecular weight is 375 g/mol. The highest BCUT2D eigenvalue weighted by Crippen LogP contribution is 2.21. The predicted molar refractivity (Wildman–Crippen MR) is 106 cm³/mol. The molecule has 1 aromatic heterocycles. The van der Waals surface area contributed by atoms with Gasteiger partial charge in [0, 0.05) is 23.8 Å². The standard InChI is InChI=1S/C20H19ClN2O.ClH/c1-2-20(23-13-12-22-15-23)24-19-10-8-16(9-11-19)6-7-17-4-3-5-18(21)14-17;/h3-15,20H,2H2,1H3;1H/b7-6+;. The zero-order chi connectivity index (χ0) is 16.8. The van der Waals surface area contributed by atoms with Crippen LogP contribution in [-0.2, 0) is 0 Å². The van der Waals surface area contributed by atoms with E-state index >= 15 is 0 Å². The van der Waals surface area contributed by atoms with E-state index in [1.807, 2.05) is 65.4 Å². The summed E-state index contributed by atoms with van der Waals surface area (Å²) >= 11 is 5.99. The van der Waals surface area contributed by atoms with Gasteiger partial charge in [0.05, 0.1) is 6.33 Å². The Morgan fingerprint density at radius 2 is 1.88 bits per heavy atom. The molecule has 1 unspecified atom stereocenters. The first kappa shape index (κ1) is 19.1. The smallest absolute Gasteiger partial charge is 0.176 e. The Hall–Kier alpha value is -2.23. The van der Waals surface area contributed by atoms with Gasteiger partial charge in [0.15, 0.2) is 6.23 Å². The Bertz CT molecular complexity index is 799. The van der Waals surface area contributed by atoms with E-state index in [0.717, 1.165) is 28.3 Å². The van der Waals surface area contributed by atoms with Crippen LogP contribution in [0.1, 0.15) is 30.7 Å². The molecule has 0 fully saturated rings. The highest BCUT2D eigenvalue weighted by atomic mass is 35.5. The summed E-state index contributed by atoms with van der Waals surface area (Å²) in [5.74, 6) is 0.843. The molecule has 2 aromatic carbocycles. The van der Waals surface area contributed by atoms with E-state index in [1.165, 1.54) is 0 Å². The minimum atomic E-state index is -0.0413. The van der Waals surface area contributed by atoms with Crippen molar-refractivity contribution in [3.8, 4) is 5.75 Å². The highest BCUT2D eigenvalue weighted by molar-refractivity contribution is 6.30. The molecule has 0 bridgehead atoms. The molecule has 25 heavy (non-hydrogen) atoms. The Morgan fingerprint density at radius 1 is 1.12 bits per heavy atom. The summed E-state index contributed by atoms with van der Waals surface area (Å²) < 4.78 is 7.99. The molecule has 1 heterocycles. The van der Waals surface area contributed by atoms with Crippen LogP contribution in [0.4, 0.5) is 0 Å². The third-order valence-corrected chi connectivity index (χ3v) is 3.91. The van der Waals surface area contributed by atoms with Crippen LogP contribution in [0.15, 0.2) is 67.3 Å². The molecule has 3 nitrogen and oxygen atoms in total. The monoisotopic (exact) mass is 374 g/mol. The van der Waals surface area contributed by atoms with Crippen molar-refractivity contribution < 1.29 is 4.74 Å². The van der Waals surface area contributed by atoms with Crippen molar-refractivity contribution in [3.05, 3.63) is 83.4 Å². The molecule has 0 aliphatic rings. The number of benzene rings is 2. The number of nitrogens with zero attached hydrogens (tertiary/aromatic N) is 2. The van der Waals surface area contributed by atoms with Crippen molar-refractivity contribution in [1.82, 2.24) is 9.55 Å². The Morgan fingerprint density at radius 3 is 2.52 bits per heavy atom. The van der Waals surface area contributed by atoms with Gasteiger partial charge in [0.25, 0.3) is 0 Å². The predicted octanol–water partition coefficient (Wildman–Crippen LogP) is 6.12. The maximum atomic E-state index is 6.02. The van der Waals surface area contributed by atoms with Gasteiger partial charge >= 0.3 is 0 Å². The molecule has 0 aliphatic heterocycles. The van der Waals surface area contributed by atoms with Crippen molar-refractivity contribution in [2.75, 3.05) is 0 Å². The van der Waals surface area contributed by atoms with Gasteiger partial charge in [-0.3, -0.25) is 0 Å². The first-order valence-electron chi connectivity index (χ1n) is 7.92. The summed E-state index contributed by atoms with van der Waals surface area (Å²) in [5, 5.41) is 0.742. The number of halogens is 2. The van der Waals surface area contributed by atoms with Crippen LogP contribution in [-0.4, -0.2) is 9.55 Å². The second-order valence-corrected chi connectivity index (χ2v) is 5.88. The molecule has 0 spiro atoms. The van der Waals surface area contributed by atoms with E-state index in [0.29, 0.717) is 0 Å². The van der Waals surface area contributed by atoms with Gasteiger partial charge in [-0.05, 0) is 35.4 Å². The molecular weight excluding hydrogens is 355 g/mol. The van der Waals surface area contributed by atoms with Crippen molar-refractivity contribution in [1.29, 1.82) is 0 Å². The van der Waals surface area contributed by atoms with Gasteiger partial charge in [-0.15, -0.1) is 12.4 Å². The second-order valence-electron chi connectivity index (χ2n) is 5.45. The second kappa shape index (κ2) is 9.30. The van der Waals surface area contributed by atoms with E-state index in [1.54, 1.807) is 12.5 Å². The van der Waals surface area contributed by atoms with Crippen molar-refractivity contribution in [2.45, 2.75) is 19.6 Å². The fourth-order valence-electron chi connectivity index (χ4n) is 2.41. The lowest BCUT2D eigenvalue weighted by Gasteiger charge is -2.18. The number of rotatable bonds is 6. The molecule has 0 saturated heterocycles. The van der Waals surface area contributed by atoms with Gasteiger partial charge in [-0.2, -0.15) is 0 Å². The van der Waals surface area contributed by atoms with E-state index < -0.39 is 0 Å². The van der Waals surface area contributed by atoms with Crippen LogP contribution in [0.2, 0.25) is 5.02 Å². The molecule has 0 aliphatic carbocycles. The van der Waals surface area contributed by atoms with Gasteiger partial charge < -0.3 is 9.30 Å². The summed E-state index contributed by atoms with van der Waals surface area (Å²) in [6, 6.07) is 15.8. The number of aromatic nitrogens is 2. The molecule has 0 saturated carbocycles. The van der Waals surface area contributed by atoms with Gasteiger partial charge in [-0.1, -0.05) is 54.9 Å². The number of hydrogen-bond acceptors (Lipinski definition) is 2. The lowest BCUT2D eigenvalue weighted by atomic mass is 10.1. The number of hydrogen-bond donors (Lipinski definition) is 0. The zero-order valence-electron chi connectivity index (χ0n) is 13.9. The highest BCUT2D eigenvalue weighted by Gasteiger charge is 2.09. The first-order chi connectivity index (χ1) is 11.7. The first-order valence-corrected chi connectivity index (χ1v) is 8.30. The lowest BCUT2D eigenvalue weighted by Crippen LogP contribution is -2.13. The Labute approximate surface area is 159 Å². The summed E-state index contributed by atoms with van der Waals surface area (Å²) in [4.78, 5) is 4.07. The number of ether oxygens (including phenoxy) is 1. The van der Waals surface area contributed by atoms with E-state index in [4.69, 9.17) is 16.3 Å². The van der Waals surface area contributed by atoms with Gasteiger partial charge in [0.2, 0.25) is 0 Å². The molecule has 0 N–H and O–H groups in total. The molecule has 130 valence electrons. The molecule has 0 radical (unpaired) electrons. The van der Waals surface area contributed by atoms with Crippen LogP contribution in [0, 0.1) is 0 Å². The van der Waals surface area contributed by atoms with Gasteiger partial charge in [0.1, 0.15) is 5.75 Å². The zero-order valence-corrected chi connectivity index (χ0v) is 15.5. The quantitative estimate of drug-likeness (QED) is 0.486. The van der Waals surface area contributed by atoms with Crippen LogP contribution < -0.4 is 4.74 Å². The fraction of sp³-hybridized carbons (Fsp3) is 0.150. The molecule has 5 heteroatoms. The molecule has 0 amide bonds. The third kappa shape index (κ3) is 5.38. The number of imidazole rings is 1. The van der Waals surface area contributed by atoms with Crippen LogP contribution >= 0.6 is 24.0 Å².